The van der Waals surface area contributed by atoms with Gasteiger partial charge < -0.3 is 10.6 Å². The highest BCUT2D eigenvalue weighted by atomic mass is 32.1. The second kappa shape index (κ2) is 6.40. The Balaban J connectivity index is 2.31. The number of aryl methyl sites for hydroxylation is 1. The molecule has 15 heavy (non-hydrogen) atoms. The smallest absolute Gasteiger partial charge is 0.190 e. The fraction of sp³-hybridized carbons (Fsp3) is 0.600. The molecule has 1 aromatic rings. The summed E-state index contributed by atoms with van der Waals surface area (Å²) in [6.07, 6.45) is 1.97. The van der Waals surface area contributed by atoms with Gasteiger partial charge >= 0.3 is 0 Å². The van der Waals surface area contributed by atoms with Crippen molar-refractivity contribution >= 4 is 17.3 Å². The molecule has 0 aliphatic heterocycles. The molecule has 0 fully saturated rings. The normalized spacial score (nSPS) is 11.5. The van der Waals surface area contributed by atoms with Crippen LogP contribution in [-0.2, 0) is 12.8 Å². The minimum Gasteiger partial charge on any atom is -0.359 e. The van der Waals surface area contributed by atoms with E-state index in [1.54, 1.807) is 18.4 Å². The van der Waals surface area contributed by atoms with Gasteiger partial charge in [0.1, 0.15) is 0 Å². The molecule has 0 atom stereocenters. The van der Waals surface area contributed by atoms with Gasteiger partial charge in [0.25, 0.3) is 0 Å². The minimum atomic E-state index is 0.820. The Morgan fingerprint density at radius 1 is 1.60 bits per heavy atom. The molecular formula is C10H18N4S. The summed E-state index contributed by atoms with van der Waals surface area (Å²) in [6.45, 7) is 2.99. The van der Waals surface area contributed by atoms with Crippen molar-refractivity contribution < 1.29 is 0 Å². The molecule has 0 aliphatic rings. The number of rotatable bonds is 4. The highest BCUT2D eigenvalue weighted by Gasteiger charge is 2.00. The lowest BCUT2D eigenvalue weighted by molar-refractivity contribution is 0.816. The van der Waals surface area contributed by atoms with Gasteiger partial charge in [0.15, 0.2) is 5.96 Å². The van der Waals surface area contributed by atoms with E-state index in [-0.39, 0.29) is 0 Å². The lowest BCUT2D eigenvalue weighted by Gasteiger charge is -2.06. The van der Waals surface area contributed by atoms with Gasteiger partial charge in [-0.25, -0.2) is 4.98 Å². The molecule has 0 spiro atoms. The maximum atomic E-state index is 4.50. The first-order chi connectivity index (χ1) is 7.30. The van der Waals surface area contributed by atoms with E-state index in [4.69, 9.17) is 0 Å². The molecule has 1 heterocycles. The molecule has 1 rings (SSSR count). The number of nitrogens with one attached hydrogen (secondary N) is 2. The average molecular weight is 226 g/mol. The molecule has 4 nitrogen and oxygen atoms in total. The summed E-state index contributed by atoms with van der Waals surface area (Å²) in [5.41, 5.74) is 1.16. The second-order valence-corrected chi connectivity index (χ2v) is 4.03. The van der Waals surface area contributed by atoms with Crippen LogP contribution in [-0.4, -0.2) is 31.6 Å². The van der Waals surface area contributed by atoms with Crippen LogP contribution in [0.5, 0.6) is 0 Å². The number of hydrogen-bond donors (Lipinski definition) is 2. The van der Waals surface area contributed by atoms with Gasteiger partial charge in [0.2, 0.25) is 0 Å². The topological polar surface area (TPSA) is 49.3 Å². The fourth-order valence-corrected chi connectivity index (χ4v) is 1.99. The first-order valence-corrected chi connectivity index (χ1v) is 5.99. The van der Waals surface area contributed by atoms with Crippen molar-refractivity contribution in [3.05, 3.63) is 16.1 Å². The van der Waals surface area contributed by atoms with Gasteiger partial charge in [0, 0.05) is 32.4 Å². The van der Waals surface area contributed by atoms with Crippen LogP contribution in [0.4, 0.5) is 0 Å². The molecule has 5 heteroatoms. The first-order valence-electron chi connectivity index (χ1n) is 5.11. The predicted octanol–water partition coefficient (Wildman–Crippen LogP) is 1.04. The minimum absolute atomic E-state index is 0.820. The van der Waals surface area contributed by atoms with E-state index in [1.165, 1.54) is 5.01 Å². The van der Waals surface area contributed by atoms with E-state index in [9.17, 15) is 0 Å². The van der Waals surface area contributed by atoms with Crippen LogP contribution in [0.3, 0.4) is 0 Å². The van der Waals surface area contributed by atoms with Crippen LogP contribution in [0.1, 0.15) is 17.6 Å². The Morgan fingerprint density at radius 3 is 2.93 bits per heavy atom. The fourth-order valence-electron chi connectivity index (χ4n) is 1.21. The van der Waals surface area contributed by atoms with Crippen molar-refractivity contribution in [2.24, 2.45) is 4.99 Å². The number of hydrogen-bond acceptors (Lipinski definition) is 3. The van der Waals surface area contributed by atoms with Crippen molar-refractivity contribution in [3.63, 3.8) is 0 Å². The Kier molecular flexibility index (Phi) is 5.10. The van der Waals surface area contributed by atoms with Crippen molar-refractivity contribution in [2.45, 2.75) is 19.8 Å². The quantitative estimate of drug-likeness (QED) is 0.596. The summed E-state index contributed by atoms with van der Waals surface area (Å²) >= 11 is 1.74. The van der Waals surface area contributed by atoms with Crippen LogP contribution in [0.2, 0.25) is 0 Å². The Morgan fingerprint density at radius 2 is 2.40 bits per heavy atom. The summed E-state index contributed by atoms with van der Waals surface area (Å²) in [5.74, 6) is 0.820. The number of aliphatic imine (C=N–C) groups is 1. The zero-order valence-electron chi connectivity index (χ0n) is 9.50. The molecule has 0 bridgehead atoms. The highest BCUT2D eigenvalue weighted by Crippen LogP contribution is 2.09. The third-order valence-corrected chi connectivity index (χ3v) is 3.08. The van der Waals surface area contributed by atoms with Gasteiger partial charge in [-0.2, -0.15) is 0 Å². The zero-order valence-corrected chi connectivity index (χ0v) is 10.3. The average Bonchev–Trinajstić information content (AvgIpc) is 2.72. The summed E-state index contributed by atoms with van der Waals surface area (Å²) in [7, 11) is 3.62. The number of nitrogens with zero attached hydrogens (tertiary/aromatic N) is 2. The molecule has 0 amide bonds. The van der Waals surface area contributed by atoms with Crippen molar-refractivity contribution in [3.8, 4) is 0 Å². The Hall–Kier alpha value is -1.10. The van der Waals surface area contributed by atoms with Gasteiger partial charge in [-0.3, -0.25) is 4.99 Å². The second-order valence-electron chi connectivity index (χ2n) is 3.09. The first kappa shape index (κ1) is 12.0. The van der Waals surface area contributed by atoms with Crippen LogP contribution in [0, 0.1) is 0 Å². The lowest BCUT2D eigenvalue weighted by Crippen LogP contribution is -2.35. The molecule has 84 valence electrons. The molecule has 0 aliphatic carbocycles. The van der Waals surface area contributed by atoms with Crippen LogP contribution >= 0.6 is 11.3 Å². The molecular weight excluding hydrogens is 208 g/mol. The molecule has 0 unspecified atom stereocenters. The zero-order chi connectivity index (χ0) is 11.1. The summed E-state index contributed by atoms with van der Waals surface area (Å²) < 4.78 is 0. The molecule has 0 radical (unpaired) electrons. The van der Waals surface area contributed by atoms with E-state index in [0.29, 0.717) is 0 Å². The van der Waals surface area contributed by atoms with Gasteiger partial charge in [-0.1, -0.05) is 6.92 Å². The van der Waals surface area contributed by atoms with Crippen LogP contribution in [0.25, 0.3) is 0 Å². The van der Waals surface area contributed by atoms with E-state index in [0.717, 1.165) is 31.0 Å². The molecule has 2 N–H and O–H groups in total. The van der Waals surface area contributed by atoms with E-state index in [1.807, 2.05) is 7.05 Å². The van der Waals surface area contributed by atoms with Crippen molar-refractivity contribution in [1.82, 2.24) is 15.6 Å². The molecule has 1 aromatic heterocycles. The third kappa shape index (κ3) is 3.87. The van der Waals surface area contributed by atoms with Gasteiger partial charge in [-0.05, 0) is 6.42 Å². The largest absolute Gasteiger partial charge is 0.359 e. The van der Waals surface area contributed by atoms with E-state index < -0.39 is 0 Å². The molecule has 0 saturated heterocycles. The highest BCUT2D eigenvalue weighted by molar-refractivity contribution is 7.09. The maximum absolute atomic E-state index is 4.50. The molecule has 0 saturated carbocycles. The molecule has 0 aromatic carbocycles. The van der Waals surface area contributed by atoms with Gasteiger partial charge in [0.05, 0.1) is 10.7 Å². The van der Waals surface area contributed by atoms with E-state index >= 15 is 0 Å². The summed E-state index contributed by atoms with van der Waals surface area (Å²) in [4.78, 5) is 8.53. The standard InChI is InChI=1S/C10H18N4S/c1-4-9-14-8(7-15-9)5-6-13-10(11-2)12-3/h7H,4-6H2,1-3H3,(H2,11,12,13). The van der Waals surface area contributed by atoms with Crippen LogP contribution < -0.4 is 10.6 Å². The van der Waals surface area contributed by atoms with Crippen molar-refractivity contribution in [1.29, 1.82) is 0 Å². The van der Waals surface area contributed by atoms with Crippen molar-refractivity contribution in [2.75, 3.05) is 20.6 Å². The Bertz CT molecular complexity index is 319. The summed E-state index contributed by atoms with van der Waals surface area (Å²) in [6, 6.07) is 0. The maximum Gasteiger partial charge on any atom is 0.190 e. The number of guanidine groups is 1. The van der Waals surface area contributed by atoms with Gasteiger partial charge in [-0.15, -0.1) is 11.3 Å². The third-order valence-electron chi connectivity index (χ3n) is 2.04. The number of thiazole rings is 1. The SMILES string of the molecule is CCc1nc(CCNC(=NC)NC)cs1. The number of aromatic nitrogens is 1. The summed E-state index contributed by atoms with van der Waals surface area (Å²) in [5, 5.41) is 9.51. The monoisotopic (exact) mass is 226 g/mol. The predicted molar refractivity (Wildman–Crippen MR) is 65.6 cm³/mol. The van der Waals surface area contributed by atoms with E-state index in [2.05, 4.69) is 32.9 Å². The van der Waals surface area contributed by atoms with Crippen LogP contribution in [0.15, 0.2) is 10.4 Å². The lowest BCUT2D eigenvalue weighted by atomic mass is 10.3. The Labute approximate surface area is 94.8 Å².